The van der Waals surface area contributed by atoms with Gasteiger partial charge in [0.15, 0.2) is 0 Å². The molecule has 0 heterocycles. The van der Waals surface area contributed by atoms with Gasteiger partial charge >= 0.3 is 0 Å². The summed E-state index contributed by atoms with van der Waals surface area (Å²) in [5, 5.41) is 16.1. The van der Waals surface area contributed by atoms with Gasteiger partial charge in [-0.1, -0.05) is 41.6 Å². The molecule has 0 radical (unpaired) electrons. The number of allylic oxidation sites excluding steroid dienone is 1. The van der Waals surface area contributed by atoms with Gasteiger partial charge in [-0.15, -0.1) is 0 Å². The third-order valence-corrected chi connectivity index (χ3v) is 4.38. The molecule has 0 saturated heterocycles. The Morgan fingerprint density at radius 3 is 2.60 bits per heavy atom. The smallest absolute Gasteiger partial charge is 0.120 e. The third kappa shape index (κ3) is 3.91. The SMILES string of the molecule is CNCCCC/C=C\COc1ccc2c(c1)/C(=N\O)c1ccccc1-2. The highest BCUT2D eigenvalue weighted by Gasteiger charge is 2.25. The second kappa shape index (κ2) is 8.49. The second-order valence-electron chi connectivity index (χ2n) is 6.08. The molecule has 0 aromatic heterocycles. The van der Waals surface area contributed by atoms with E-state index in [1.165, 1.54) is 12.8 Å². The summed E-state index contributed by atoms with van der Waals surface area (Å²) in [7, 11) is 1.98. The Labute approximate surface area is 148 Å². The van der Waals surface area contributed by atoms with Crippen molar-refractivity contribution < 1.29 is 9.94 Å². The van der Waals surface area contributed by atoms with Crippen LogP contribution in [0.15, 0.2) is 59.8 Å². The number of rotatable bonds is 8. The summed E-state index contributed by atoms with van der Waals surface area (Å²) in [6.07, 6.45) is 7.68. The molecule has 0 bridgehead atoms. The molecule has 0 spiro atoms. The van der Waals surface area contributed by atoms with Crippen molar-refractivity contribution in [2.45, 2.75) is 19.3 Å². The molecule has 0 unspecified atom stereocenters. The number of oxime groups is 1. The zero-order chi connectivity index (χ0) is 17.5. The molecular formula is C21H24N2O2. The number of nitrogens with one attached hydrogen (secondary N) is 1. The van der Waals surface area contributed by atoms with Crippen LogP contribution in [0.1, 0.15) is 30.4 Å². The molecule has 2 aromatic carbocycles. The summed E-state index contributed by atoms with van der Waals surface area (Å²) in [4.78, 5) is 0. The van der Waals surface area contributed by atoms with E-state index in [1.807, 2.05) is 49.5 Å². The zero-order valence-electron chi connectivity index (χ0n) is 14.5. The number of benzene rings is 2. The lowest BCUT2D eigenvalue weighted by Crippen LogP contribution is -2.06. The molecule has 3 rings (SSSR count). The Morgan fingerprint density at radius 1 is 1.00 bits per heavy atom. The lowest BCUT2D eigenvalue weighted by Gasteiger charge is -2.06. The van der Waals surface area contributed by atoms with Crippen molar-refractivity contribution in [2.75, 3.05) is 20.2 Å². The Balaban J connectivity index is 1.61. The highest BCUT2D eigenvalue weighted by molar-refractivity contribution is 6.24. The predicted molar refractivity (Wildman–Crippen MR) is 102 cm³/mol. The first kappa shape index (κ1) is 17.2. The van der Waals surface area contributed by atoms with Crippen LogP contribution in [-0.2, 0) is 0 Å². The lowest BCUT2D eigenvalue weighted by atomic mass is 10.1. The monoisotopic (exact) mass is 336 g/mol. The fourth-order valence-electron chi connectivity index (χ4n) is 3.12. The quantitative estimate of drug-likeness (QED) is 0.280. The van der Waals surface area contributed by atoms with Crippen LogP contribution in [0.3, 0.4) is 0 Å². The minimum absolute atomic E-state index is 0.545. The summed E-state index contributed by atoms with van der Waals surface area (Å²) in [5.74, 6) is 0.785. The Kier molecular flexibility index (Phi) is 5.86. The molecule has 0 fully saturated rings. The number of hydrogen-bond acceptors (Lipinski definition) is 4. The molecule has 4 heteroatoms. The molecule has 0 aliphatic heterocycles. The fourth-order valence-corrected chi connectivity index (χ4v) is 3.12. The first-order chi connectivity index (χ1) is 12.3. The standard InChI is InChI=1S/C21H24N2O2/c1-22-13-7-3-2-4-8-14-25-16-11-12-18-17-9-5-6-10-19(17)21(23-24)20(18)15-16/h4-6,8-12,15,22,24H,2-3,7,13-14H2,1H3/b8-4-,23-21-. The van der Waals surface area contributed by atoms with Crippen LogP contribution in [0.2, 0.25) is 0 Å². The van der Waals surface area contributed by atoms with E-state index >= 15 is 0 Å². The first-order valence-electron chi connectivity index (χ1n) is 8.74. The van der Waals surface area contributed by atoms with Crippen LogP contribution in [0.5, 0.6) is 5.75 Å². The molecule has 130 valence electrons. The van der Waals surface area contributed by atoms with E-state index < -0.39 is 0 Å². The van der Waals surface area contributed by atoms with Crippen molar-refractivity contribution in [3.8, 4) is 16.9 Å². The molecule has 0 amide bonds. The van der Waals surface area contributed by atoms with Gasteiger partial charge in [0.25, 0.3) is 0 Å². The summed E-state index contributed by atoms with van der Waals surface area (Å²) in [5.41, 5.74) is 4.65. The maximum atomic E-state index is 9.42. The van der Waals surface area contributed by atoms with Crippen molar-refractivity contribution in [2.24, 2.45) is 5.16 Å². The predicted octanol–water partition coefficient (Wildman–Crippen LogP) is 4.22. The van der Waals surface area contributed by atoms with Gasteiger partial charge < -0.3 is 15.3 Å². The van der Waals surface area contributed by atoms with E-state index in [-0.39, 0.29) is 0 Å². The number of fused-ring (bicyclic) bond motifs is 3. The average Bonchev–Trinajstić information content (AvgIpc) is 2.97. The van der Waals surface area contributed by atoms with Crippen LogP contribution in [-0.4, -0.2) is 31.1 Å². The van der Waals surface area contributed by atoms with Crippen LogP contribution in [0, 0.1) is 0 Å². The highest BCUT2D eigenvalue weighted by Crippen LogP contribution is 2.38. The number of ether oxygens (including phenoxy) is 1. The van der Waals surface area contributed by atoms with Crippen molar-refractivity contribution in [1.82, 2.24) is 5.32 Å². The largest absolute Gasteiger partial charge is 0.490 e. The molecule has 0 saturated carbocycles. The van der Waals surface area contributed by atoms with Crippen LogP contribution < -0.4 is 10.1 Å². The van der Waals surface area contributed by atoms with E-state index in [1.54, 1.807) is 0 Å². The van der Waals surface area contributed by atoms with Crippen molar-refractivity contribution >= 4 is 5.71 Å². The second-order valence-corrected chi connectivity index (χ2v) is 6.08. The summed E-state index contributed by atoms with van der Waals surface area (Å²) < 4.78 is 5.81. The van der Waals surface area contributed by atoms with E-state index in [0.717, 1.165) is 41.0 Å². The normalized spacial score (nSPS) is 14.0. The summed E-state index contributed by atoms with van der Waals surface area (Å²) in [6, 6.07) is 13.9. The van der Waals surface area contributed by atoms with Gasteiger partial charge in [0.05, 0.1) is 0 Å². The minimum Gasteiger partial charge on any atom is -0.490 e. The maximum Gasteiger partial charge on any atom is 0.120 e. The highest BCUT2D eigenvalue weighted by atomic mass is 16.5. The fraction of sp³-hybridized carbons (Fsp3) is 0.286. The summed E-state index contributed by atoms with van der Waals surface area (Å²) >= 11 is 0. The lowest BCUT2D eigenvalue weighted by molar-refractivity contribution is 0.319. The third-order valence-electron chi connectivity index (χ3n) is 4.38. The first-order valence-corrected chi connectivity index (χ1v) is 8.74. The van der Waals surface area contributed by atoms with Gasteiger partial charge in [-0.3, -0.25) is 0 Å². The number of unbranched alkanes of at least 4 members (excludes halogenated alkanes) is 2. The molecular weight excluding hydrogens is 312 g/mol. The zero-order valence-corrected chi connectivity index (χ0v) is 14.5. The Hall–Kier alpha value is -2.59. The molecule has 25 heavy (non-hydrogen) atoms. The van der Waals surface area contributed by atoms with Gasteiger partial charge in [-0.05, 0) is 62.2 Å². The van der Waals surface area contributed by atoms with Crippen LogP contribution in [0.4, 0.5) is 0 Å². The summed E-state index contributed by atoms with van der Waals surface area (Å²) in [6.45, 7) is 1.61. The van der Waals surface area contributed by atoms with Crippen LogP contribution in [0.25, 0.3) is 11.1 Å². The number of hydrogen-bond donors (Lipinski definition) is 2. The number of nitrogens with zero attached hydrogens (tertiary/aromatic N) is 1. The molecule has 1 aliphatic carbocycles. The molecule has 2 aromatic rings. The Morgan fingerprint density at radius 2 is 1.80 bits per heavy atom. The van der Waals surface area contributed by atoms with Gasteiger partial charge in [-0.25, -0.2) is 0 Å². The maximum absolute atomic E-state index is 9.42. The molecule has 0 atom stereocenters. The topological polar surface area (TPSA) is 53.8 Å². The van der Waals surface area contributed by atoms with E-state index in [4.69, 9.17) is 4.74 Å². The van der Waals surface area contributed by atoms with Crippen LogP contribution >= 0.6 is 0 Å². The van der Waals surface area contributed by atoms with E-state index in [2.05, 4.69) is 22.6 Å². The minimum atomic E-state index is 0.545. The van der Waals surface area contributed by atoms with Gasteiger partial charge in [-0.2, -0.15) is 0 Å². The molecule has 1 aliphatic rings. The van der Waals surface area contributed by atoms with Gasteiger partial charge in [0.2, 0.25) is 0 Å². The van der Waals surface area contributed by atoms with Gasteiger partial charge in [0, 0.05) is 11.1 Å². The van der Waals surface area contributed by atoms with E-state index in [9.17, 15) is 5.21 Å². The van der Waals surface area contributed by atoms with E-state index in [0.29, 0.717) is 12.3 Å². The Bertz CT molecular complexity index is 781. The van der Waals surface area contributed by atoms with Crippen molar-refractivity contribution in [3.05, 3.63) is 65.7 Å². The average molecular weight is 336 g/mol. The molecule has 2 N–H and O–H groups in total. The van der Waals surface area contributed by atoms with Crippen molar-refractivity contribution in [3.63, 3.8) is 0 Å². The molecule has 4 nitrogen and oxygen atoms in total. The van der Waals surface area contributed by atoms with Gasteiger partial charge in [0.1, 0.15) is 18.1 Å². The van der Waals surface area contributed by atoms with Crippen molar-refractivity contribution in [1.29, 1.82) is 0 Å².